The Morgan fingerprint density at radius 1 is 1.42 bits per heavy atom. The van der Waals surface area contributed by atoms with Gasteiger partial charge in [0.1, 0.15) is 0 Å². The van der Waals surface area contributed by atoms with E-state index in [2.05, 4.69) is 11.9 Å². The van der Waals surface area contributed by atoms with Crippen molar-refractivity contribution in [3.63, 3.8) is 0 Å². The summed E-state index contributed by atoms with van der Waals surface area (Å²) in [5, 5.41) is 0. The summed E-state index contributed by atoms with van der Waals surface area (Å²) in [7, 11) is 1.66. The van der Waals surface area contributed by atoms with Gasteiger partial charge in [0.2, 0.25) is 0 Å². The molecular formula is C9H25N3. The summed E-state index contributed by atoms with van der Waals surface area (Å²) in [5.41, 5.74) is 10.3. The summed E-state index contributed by atoms with van der Waals surface area (Å²) in [6.07, 6.45) is 1.08. The molecule has 0 saturated carbocycles. The Kier molecular flexibility index (Phi) is 24.5. The lowest BCUT2D eigenvalue weighted by Crippen LogP contribution is -2.11. The van der Waals surface area contributed by atoms with Crippen LogP contribution in [0.2, 0.25) is 0 Å². The van der Waals surface area contributed by atoms with Gasteiger partial charge in [-0.3, -0.25) is 4.99 Å². The van der Waals surface area contributed by atoms with Crippen LogP contribution in [0.3, 0.4) is 0 Å². The minimum Gasteiger partial charge on any atom is -0.388 e. The van der Waals surface area contributed by atoms with Gasteiger partial charge >= 0.3 is 0 Å². The van der Waals surface area contributed by atoms with Crippen LogP contribution in [0.4, 0.5) is 0 Å². The molecule has 0 aliphatic carbocycles. The standard InChI is InChI=1S/C4H11N.C3H8N2.C2H6/c1-3-4(2)5;1-3(4)5-2;1-2/h4H,3,5H2,1-2H3;1-2H3,(H2,4,5);1-2H3/t4-;;/m0../s1. The molecular weight excluding hydrogens is 150 g/mol. The Bertz CT molecular complexity index is 83.8. The van der Waals surface area contributed by atoms with Crippen molar-refractivity contribution in [2.75, 3.05) is 7.05 Å². The second-order valence-electron chi connectivity index (χ2n) is 2.25. The van der Waals surface area contributed by atoms with Crippen molar-refractivity contribution >= 4 is 5.84 Å². The van der Waals surface area contributed by atoms with Gasteiger partial charge in [-0.2, -0.15) is 0 Å². The van der Waals surface area contributed by atoms with E-state index < -0.39 is 0 Å². The van der Waals surface area contributed by atoms with Crippen LogP contribution >= 0.6 is 0 Å². The van der Waals surface area contributed by atoms with Gasteiger partial charge in [-0.15, -0.1) is 0 Å². The molecule has 0 aliphatic rings. The summed E-state index contributed by atoms with van der Waals surface area (Å²) in [6, 6.07) is 0.384. The van der Waals surface area contributed by atoms with Gasteiger partial charge in [0.15, 0.2) is 0 Å². The summed E-state index contributed by atoms with van der Waals surface area (Å²) >= 11 is 0. The molecule has 0 bridgehead atoms. The molecule has 0 heterocycles. The number of nitrogens with two attached hydrogens (primary N) is 2. The molecule has 0 unspecified atom stereocenters. The topological polar surface area (TPSA) is 64.4 Å². The highest BCUT2D eigenvalue weighted by Gasteiger charge is 1.79. The van der Waals surface area contributed by atoms with E-state index in [1.807, 2.05) is 20.8 Å². The molecule has 0 amide bonds. The van der Waals surface area contributed by atoms with Gasteiger partial charge in [0.05, 0.1) is 5.84 Å². The molecule has 0 spiro atoms. The maximum absolute atomic E-state index is 5.29. The molecule has 0 fully saturated rings. The second-order valence-corrected chi connectivity index (χ2v) is 2.25. The molecule has 1 atom stereocenters. The van der Waals surface area contributed by atoms with Crippen molar-refractivity contribution in [3.05, 3.63) is 0 Å². The normalized spacial score (nSPS) is 11.8. The Morgan fingerprint density at radius 3 is 1.58 bits per heavy atom. The Labute approximate surface area is 77.2 Å². The van der Waals surface area contributed by atoms with E-state index in [0.717, 1.165) is 6.42 Å². The van der Waals surface area contributed by atoms with E-state index in [9.17, 15) is 0 Å². The van der Waals surface area contributed by atoms with E-state index in [0.29, 0.717) is 11.9 Å². The van der Waals surface area contributed by atoms with Crippen molar-refractivity contribution in [2.24, 2.45) is 16.5 Å². The third kappa shape index (κ3) is 57.0. The van der Waals surface area contributed by atoms with Gasteiger partial charge in [0, 0.05) is 13.1 Å². The van der Waals surface area contributed by atoms with Crippen molar-refractivity contribution < 1.29 is 0 Å². The Morgan fingerprint density at radius 2 is 1.58 bits per heavy atom. The number of hydrogen-bond donors (Lipinski definition) is 2. The first-order chi connectivity index (χ1) is 5.54. The molecule has 0 aliphatic heterocycles. The fraction of sp³-hybridized carbons (Fsp3) is 0.889. The van der Waals surface area contributed by atoms with Crippen LogP contribution in [0.25, 0.3) is 0 Å². The molecule has 0 aromatic rings. The fourth-order valence-corrected chi connectivity index (χ4v) is 0. The highest BCUT2D eigenvalue weighted by molar-refractivity contribution is 5.77. The first-order valence-electron chi connectivity index (χ1n) is 4.49. The van der Waals surface area contributed by atoms with Gasteiger partial charge in [-0.05, 0) is 20.3 Å². The molecule has 0 aromatic heterocycles. The van der Waals surface area contributed by atoms with E-state index in [1.54, 1.807) is 14.0 Å². The number of amidine groups is 1. The van der Waals surface area contributed by atoms with Gasteiger partial charge in [-0.25, -0.2) is 0 Å². The molecule has 0 radical (unpaired) electrons. The number of nitrogens with zero attached hydrogens (tertiary/aromatic N) is 1. The molecule has 3 heteroatoms. The van der Waals surface area contributed by atoms with Crippen molar-refractivity contribution in [1.82, 2.24) is 0 Å². The molecule has 4 N–H and O–H groups in total. The quantitative estimate of drug-likeness (QED) is 0.471. The molecule has 12 heavy (non-hydrogen) atoms. The predicted molar refractivity (Wildman–Crippen MR) is 58.5 cm³/mol. The van der Waals surface area contributed by atoms with Crippen LogP contribution in [-0.4, -0.2) is 18.9 Å². The van der Waals surface area contributed by atoms with Crippen molar-refractivity contribution in [3.8, 4) is 0 Å². The van der Waals surface area contributed by atoms with E-state index in [-0.39, 0.29) is 0 Å². The smallest absolute Gasteiger partial charge is 0.0902 e. The summed E-state index contributed by atoms with van der Waals surface area (Å²) in [5.74, 6) is 0.630. The fourth-order valence-electron chi connectivity index (χ4n) is 0. The zero-order valence-electron chi connectivity index (χ0n) is 9.39. The third-order valence-electron chi connectivity index (χ3n) is 0.997. The van der Waals surface area contributed by atoms with Crippen LogP contribution in [0.1, 0.15) is 41.0 Å². The second kappa shape index (κ2) is 16.8. The lowest BCUT2D eigenvalue weighted by Gasteiger charge is -1.91. The average Bonchev–Trinajstić information content (AvgIpc) is 2.09. The predicted octanol–water partition coefficient (Wildman–Crippen LogP) is 1.76. The van der Waals surface area contributed by atoms with Gasteiger partial charge in [-0.1, -0.05) is 20.8 Å². The molecule has 3 nitrogen and oxygen atoms in total. The van der Waals surface area contributed by atoms with E-state index >= 15 is 0 Å². The lowest BCUT2D eigenvalue weighted by molar-refractivity contribution is 0.715. The van der Waals surface area contributed by atoms with Crippen LogP contribution in [0.15, 0.2) is 4.99 Å². The van der Waals surface area contributed by atoms with Crippen molar-refractivity contribution in [1.29, 1.82) is 0 Å². The van der Waals surface area contributed by atoms with Crippen molar-refractivity contribution in [2.45, 2.75) is 47.1 Å². The highest BCUT2D eigenvalue weighted by atomic mass is 14.8. The first kappa shape index (κ1) is 17.5. The van der Waals surface area contributed by atoms with Crippen LogP contribution in [0, 0.1) is 0 Å². The van der Waals surface area contributed by atoms with E-state index in [4.69, 9.17) is 11.5 Å². The number of aliphatic imine (C=N–C) groups is 1. The SMILES string of the molecule is CC.CC[C@H](C)N.CN=C(C)N. The minimum atomic E-state index is 0.384. The summed E-state index contributed by atoms with van der Waals surface area (Å²) in [4.78, 5) is 3.58. The molecule has 0 rings (SSSR count). The Balaban J connectivity index is -0.000000112. The summed E-state index contributed by atoms with van der Waals surface area (Å²) in [6.45, 7) is 9.82. The number of hydrogen-bond acceptors (Lipinski definition) is 2. The number of rotatable bonds is 1. The van der Waals surface area contributed by atoms with Gasteiger partial charge < -0.3 is 11.5 Å². The molecule has 0 saturated heterocycles. The Hall–Kier alpha value is -0.570. The zero-order chi connectivity index (χ0) is 10.6. The first-order valence-corrected chi connectivity index (χ1v) is 4.49. The summed E-state index contributed by atoms with van der Waals surface area (Å²) < 4.78 is 0. The highest BCUT2D eigenvalue weighted by Crippen LogP contribution is 1.77. The average molecular weight is 175 g/mol. The minimum absolute atomic E-state index is 0.384. The van der Waals surface area contributed by atoms with Crippen LogP contribution < -0.4 is 11.5 Å². The van der Waals surface area contributed by atoms with E-state index in [1.165, 1.54) is 0 Å². The monoisotopic (exact) mass is 175 g/mol. The van der Waals surface area contributed by atoms with Crippen LogP contribution in [0.5, 0.6) is 0 Å². The van der Waals surface area contributed by atoms with Crippen LogP contribution in [-0.2, 0) is 0 Å². The maximum Gasteiger partial charge on any atom is 0.0902 e. The van der Waals surface area contributed by atoms with Gasteiger partial charge in [0.25, 0.3) is 0 Å². The third-order valence-corrected chi connectivity index (χ3v) is 0.997. The molecule has 76 valence electrons. The lowest BCUT2D eigenvalue weighted by atomic mass is 10.3. The zero-order valence-corrected chi connectivity index (χ0v) is 9.39. The maximum atomic E-state index is 5.29. The largest absolute Gasteiger partial charge is 0.388 e. The molecule has 0 aromatic carbocycles.